The minimum absolute atomic E-state index is 0.0458. The van der Waals surface area contributed by atoms with E-state index >= 15 is 4.39 Å². The first-order valence-corrected chi connectivity index (χ1v) is 13.2. The van der Waals surface area contributed by atoms with Crippen molar-refractivity contribution in [3.05, 3.63) is 66.4 Å². The number of pyridine rings is 1. The first-order chi connectivity index (χ1) is 17.0. The van der Waals surface area contributed by atoms with Crippen LogP contribution in [0.5, 0.6) is 5.75 Å². The van der Waals surface area contributed by atoms with Crippen LogP contribution in [0.1, 0.15) is 37.4 Å². The lowest BCUT2D eigenvalue weighted by Gasteiger charge is -2.38. The first-order valence-electron chi connectivity index (χ1n) is 12.2. The fourth-order valence-corrected chi connectivity index (χ4v) is 6.00. The molecule has 0 unspecified atom stereocenters. The molecule has 2 heterocycles. The zero-order valence-corrected chi connectivity index (χ0v) is 20.9. The Bertz CT molecular complexity index is 1110. The second-order valence-corrected chi connectivity index (χ2v) is 10.4. The zero-order valence-electron chi connectivity index (χ0n) is 20.1. The molecule has 186 valence electrons. The van der Waals surface area contributed by atoms with Crippen LogP contribution in [0.15, 0.2) is 65.7 Å². The van der Waals surface area contributed by atoms with Crippen molar-refractivity contribution < 1.29 is 19.0 Å². The van der Waals surface area contributed by atoms with E-state index < -0.39 is 12.1 Å². The quantitative estimate of drug-likeness (QED) is 0.317. The molecule has 0 amide bonds. The molecule has 2 aromatic carbocycles. The Balaban J connectivity index is 1.35. The number of carboxylic acid groups (broad SMARTS) is 1. The molecule has 1 N–H and O–H groups in total. The smallest absolute Gasteiger partial charge is 0.303 e. The molecule has 5 nitrogen and oxygen atoms in total. The zero-order chi connectivity index (χ0) is 24.6. The molecule has 0 radical (unpaired) electrons. The molecule has 0 aliphatic carbocycles. The van der Waals surface area contributed by atoms with Gasteiger partial charge < -0.3 is 14.7 Å². The van der Waals surface area contributed by atoms with Crippen LogP contribution in [-0.2, 0) is 4.79 Å². The molecule has 1 aliphatic rings. The van der Waals surface area contributed by atoms with E-state index in [2.05, 4.69) is 22.0 Å². The Kier molecular flexibility index (Phi) is 8.99. The maximum Gasteiger partial charge on any atom is 0.303 e. The Morgan fingerprint density at radius 3 is 2.83 bits per heavy atom. The van der Waals surface area contributed by atoms with Gasteiger partial charge in [0.25, 0.3) is 0 Å². The number of methoxy groups -OCH3 is 1. The van der Waals surface area contributed by atoms with Gasteiger partial charge in [0.05, 0.1) is 12.6 Å². The predicted octanol–water partition coefficient (Wildman–Crippen LogP) is 6.24. The predicted molar refractivity (Wildman–Crippen MR) is 139 cm³/mol. The number of ether oxygens (including phenoxy) is 1. The topological polar surface area (TPSA) is 62.7 Å². The van der Waals surface area contributed by atoms with Crippen molar-refractivity contribution in [2.24, 2.45) is 11.8 Å². The highest BCUT2D eigenvalue weighted by Gasteiger charge is 2.31. The standard InChI is InChI=1S/C28H33FN2O3S/c1-34-22-8-10-27-25(18-22)24(11-13-30-27)26(29)9-7-20-12-14-31(19-21(20)17-28(32)33)15-16-35-23-5-3-2-4-6-23/h2-6,8,10-11,13,18,20-21,26H,7,9,12,14-17,19H2,1H3,(H,32,33)/t20-,21+,26-/m1/s1. The van der Waals surface area contributed by atoms with Gasteiger partial charge in [-0.05, 0) is 79.6 Å². The summed E-state index contributed by atoms with van der Waals surface area (Å²) in [5.41, 5.74) is 1.37. The molecule has 1 aromatic heterocycles. The summed E-state index contributed by atoms with van der Waals surface area (Å²) in [4.78, 5) is 19.5. The fraction of sp³-hybridized carbons (Fsp3) is 0.429. The van der Waals surface area contributed by atoms with E-state index in [1.807, 2.05) is 48.2 Å². The number of hydrogen-bond donors (Lipinski definition) is 1. The largest absolute Gasteiger partial charge is 0.497 e. The van der Waals surface area contributed by atoms with E-state index in [1.165, 1.54) is 4.90 Å². The molecule has 3 atom stereocenters. The number of aliphatic carboxylic acids is 1. The molecule has 1 aliphatic heterocycles. The Morgan fingerprint density at radius 1 is 1.23 bits per heavy atom. The van der Waals surface area contributed by atoms with Crippen molar-refractivity contribution in [1.82, 2.24) is 9.88 Å². The molecule has 0 bridgehead atoms. The number of nitrogens with zero attached hydrogens (tertiary/aromatic N) is 2. The number of halogens is 1. The number of thioether (sulfide) groups is 1. The molecule has 35 heavy (non-hydrogen) atoms. The summed E-state index contributed by atoms with van der Waals surface area (Å²) in [5.74, 6) is 1.14. The second-order valence-electron chi connectivity index (χ2n) is 9.20. The molecule has 7 heteroatoms. The minimum atomic E-state index is -1.13. The fourth-order valence-electron chi connectivity index (χ4n) is 5.07. The first kappa shape index (κ1) is 25.5. The van der Waals surface area contributed by atoms with Crippen LogP contribution in [0.25, 0.3) is 10.9 Å². The maximum atomic E-state index is 15.5. The van der Waals surface area contributed by atoms with Gasteiger partial charge in [0, 0.05) is 41.7 Å². The molecule has 3 aromatic rings. The maximum absolute atomic E-state index is 15.5. The number of aromatic nitrogens is 1. The Morgan fingerprint density at radius 2 is 2.06 bits per heavy atom. The summed E-state index contributed by atoms with van der Waals surface area (Å²) in [6.45, 7) is 2.63. The van der Waals surface area contributed by atoms with Gasteiger partial charge >= 0.3 is 5.97 Å². The number of carboxylic acids is 1. The van der Waals surface area contributed by atoms with E-state index in [1.54, 1.807) is 19.4 Å². The SMILES string of the molecule is COc1ccc2nccc([C@H](F)CC[C@@H]3CCN(CCSc4ccccc4)C[C@@H]3CC(=O)O)c2c1. The van der Waals surface area contributed by atoms with Gasteiger partial charge in [-0.3, -0.25) is 9.78 Å². The van der Waals surface area contributed by atoms with Crippen LogP contribution >= 0.6 is 11.8 Å². The summed E-state index contributed by atoms with van der Waals surface area (Å²) in [6.07, 6.45) is 2.62. The van der Waals surface area contributed by atoms with E-state index in [0.717, 1.165) is 42.7 Å². The second kappa shape index (κ2) is 12.4. The number of carbonyl (C=O) groups is 1. The summed E-state index contributed by atoms with van der Waals surface area (Å²) in [5, 5.41) is 10.3. The minimum Gasteiger partial charge on any atom is -0.497 e. The number of benzene rings is 2. The molecule has 0 saturated carbocycles. The normalized spacial score (nSPS) is 19.5. The number of hydrogen-bond acceptors (Lipinski definition) is 5. The summed E-state index contributed by atoms with van der Waals surface area (Å²) >= 11 is 1.82. The van der Waals surface area contributed by atoms with Gasteiger partial charge in [-0.1, -0.05) is 18.2 Å². The van der Waals surface area contributed by atoms with Crippen molar-refractivity contribution in [2.75, 3.05) is 32.5 Å². The number of fused-ring (bicyclic) bond motifs is 1. The van der Waals surface area contributed by atoms with Crippen molar-refractivity contribution >= 4 is 28.6 Å². The number of alkyl halides is 1. The average Bonchev–Trinajstić information content (AvgIpc) is 2.87. The highest BCUT2D eigenvalue weighted by molar-refractivity contribution is 7.99. The van der Waals surface area contributed by atoms with Gasteiger partial charge in [-0.15, -0.1) is 11.8 Å². The van der Waals surface area contributed by atoms with Gasteiger partial charge in [0.15, 0.2) is 0 Å². The van der Waals surface area contributed by atoms with E-state index in [0.29, 0.717) is 24.2 Å². The van der Waals surface area contributed by atoms with Crippen molar-refractivity contribution in [3.63, 3.8) is 0 Å². The van der Waals surface area contributed by atoms with Gasteiger partial charge in [0.2, 0.25) is 0 Å². The van der Waals surface area contributed by atoms with Crippen LogP contribution in [-0.4, -0.2) is 53.5 Å². The number of rotatable bonds is 11. The third-order valence-electron chi connectivity index (χ3n) is 6.94. The van der Waals surface area contributed by atoms with Gasteiger partial charge in [-0.2, -0.15) is 0 Å². The Hall–Kier alpha value is -2.64. The third-order valence-corrected chi connectivity index (χ3v) is 7.93. The molecule has 1 fully saturated rings. The third kappa shape index (κ3) is 6.95. The molecular weight excluding hydrogens is 463 g/mol. The average molecular weight is 497 g/mol. The van der Waals surface area contributed by atoms with Crippen molar-refractivity contribution in [3.8, 4) is 5.75 Å². The van der Waals surface area contributed by atoms with Crippen LogP contribution in [0, 0.1) is 11.8 Å². The lowest BCUT2D eigenvalue weighted by molar-refractivity contribution is -0.139. The van der Waals surface area contributed by atoms with Gasteiger partial charge in [-0.25, -0.2) is 4.39 Å². The van der Waals surface area contributed by atoms with Crippen molar-refractivity contribution in [2.45, 2.75) is 36.8 Å². The number of likely N-dealkylation sites (tertiary alicyclic amines) is 1. The van der Waals surface area contributed by atoms with Crippen molar-refractivity contribution in [1.29, 1.82) is 0 Å². The van der Waals surface area contributed by atoms with Crippen LogP contribution in [0.2, 0.25) is 0 Å². The van der Waals surface area contributed by atoms with E-state index in [9.17, 15) is 9.90 Å². The van der Waals surface area contributed by atoms with E-state index in [-0.39, 0.29) is 18.3 Å². The monoisotopic (exact) mass is 496 g/mol. The molecule has 1 saturated heterocycles. The van der Waals surface area contributed by atoms with Crippen LogP contribution in [0.3, 0.4) is 0 Å². The number of piperidine rings is 1. The van der Waals surface area contributed by atoms with Crippen LogP contribution in [0.4, 0.5) is 4.39 Å². The Labute approximate surface area is 210 Å². The molecule has 0 spiro atoms. The molecule has 4 rings (SSSR count). The summed E-state index contributed by atoms with van der Waals surface area (Å²) < 4.78 is 20.8. The highest BCUT2D eigenvalue weighted by atomic mass is 32.2. The van der Waals surface area contributed by atoms with Gasteiger partial charge in [0.1, 0.15) is 11.9 Å². The van der Waals surface area contributed by atoms with Crippen LogP contribution < -0.4 is 4.74 Å². The summed E-state index contributed by atoms with van der Waals surface area (Å²) in [6, 6.07) is 17.6. The summed E-state index contributed by atoms with van der Waals surface area (Å²) in [7, 11) is 1.60. The van der Waals surface area contributed by atoms with E-state index in [4.69, 9.17) is 4.74 Å². The molecular formula is C28H33FN2O3S. The lowest BCUT2D eigenvalue weighted by Crippen LogP contribution is -2.42. The lowest BCUT2D eigenvalue weighted by atomic mass is 9.79. The highest BCUT2D eigenvalue weighted by Crippen LogP contribution is 2.36.